The normalized spacial score (nSPS) is 54.2. The van der Waals surface area contributed by atoms with Gasteiger partial charge in [0.2, 0.25) is 0 Å². The van der Waals surface area contributed by atoms with Crippen LogP contribution in [0, 0.1) is 34.5 Å². The molecule has 0 amide bonds. The molecule has 4 aliphatic carbocycles. The van der Waals surface area contributed by atoms with Gasteiger partial charge in [-0.05, 0) is 73.0 Å². The Morgan fingerprint density at radius 3 is 2.52 bits per heavy atom. The van der Waals surface area contributed by atoms with Crippen molar-refractivity contribution in [2.45, 2.75) is 77.1 Å². The first-order chi connectivity index (χ1) is 11.9. The molecule has 5 aliphatic rings. The zero-order chi connectivity index (χ0) is 17.4. The van der Waals surface area contributed by atoms with Crippen molar-refractivity contribution < 1.29 is 14.6 Å². The topological polar surface area (TPSA) is 38.7 Å². The quantitative estimate of drug-likeness (QED) is 0.665. The summed E-state index contributed by atoms with van der Waals surface area (Å²) in [5, 5.41) is 10.6. The summed E-state index contributed by atoms with van der Waals surface area (Å²) in [6.07, 6.45) is 9.13. The van der Waals surface area contributed by atoms with Gasteiger partial charge < -0.3 is 14.6 Å². The summed E-state index contributed by atoms with van der Waals surface area (Å²) in [7, 11) is 0. The lowest BCUT2D eigenvalue weighted by atomic mass is 9.44. The third-order valence-electron chi connectivity index (χ3n) is 9.47. The second kappa shape index (κ2) is 5.33. The highest BCUT2D eigenvalue weighted by Crippen LogP contribution is 2.68. The molecule has 5 fully saturated rings. The fourth-order valence-corrected chi connectivity index (χ4v) is 7.95. The first-order valence-electron chi connectivity index (χ1n) is 10.5. The van der Waals surface area contributed by atoms with Crippen molar-refractivity contribution in [2.24, 2.45) is 34.5 Å². The first-order valence-corrected chi connectivity index (χ1v) is 10.5. The van der Waals surface area contributed by atoms with Crippen LogP contribution < -0.4 is 0 Å². The molecule has 140 valence electrons. The molecule has 3 heteroatoms. The van der Waals surface area contributed by atoms with Crippen molar-refractivity contribution in [3.63, 3.8) is 0 Å². The second-order valence-corrected chi connectivity index (χ2v) is 10.2. The summed E-state index contributed by atoms with van der Waals surface area (Å²) in [6, 6.07) is 0. The van der Waals surface area contributed by atoms with Gasteiger partial charge in [0, 0.05) is 12.8 Å². The highest BCUT2D eigenvalue weighted by Gasteiger charge is 2.63. The van der Waals surface area contributed by atoms with E-state index in [1.165, 1.54) is 37.7 Å². The van der Waals surface area contributed by atoms with E-state index in [0.29, 0.717) is 11.8 Å². The van der Waals surface area contributed by atoms with Crippen LogP contribution in [0.4, 0.5) is 0 Å². The number of rotatable bonds is 0. The van der Waals surface area contributed by atoms with Crippen molar-refractivity contribution >= 4 is 0 Å². The van der Waals surface area contributed by atoms with Crippen molar-refractivity contribution in [2.75, 3.05) is 13.2 Å². The molecule has 1 heterocycles. The van der Waals surface area contributed by atoms with Gasteiger partial charge in [0.05, 0.1) is 19.3 Å². The van der Waals surface area contributed by atoms with E-state index in [-0.39, 0.29) is 22.7 Å². The number of fused-ring (bicyclic) bond motifs is 5. The zero-order valence-electron chi connectivity index (χ0n) is 15.9. The van der Waals surface area contributed by atoms with E-state index in [2.05, 4.69) is 20.4 Å². The van der Waals surface area contributed by atoms with Gasteiger partial charge >= 0.3 is 0 Å². The average molecular weight is 347 g/mol. The van der Waals surface area contributed by atoms with Crippen LogP contribution in [0.25, 0.3) is 0 Å². The zero-order valence-corrected chi connectivity index (χ0v) is 15.9. The highest BCUT2D eigenvalue weighted by molar-refractivity contribution is 5.24. The van der Waals surface area contributed by atoms with Crippen LogP contribution in [0.2, 0.25) is 0 Å². The van der Waals surface area contributed by atoms with Gasteiger partial charge in [-0.15, -0.1) is 0 Å². The molecule has 5 rings (SSSR count). The number of aliphatic hydroxyl groups is 1. The van der Waals surface area contributed by atoms with Gasteiger partial charge in [-0.1, -0.05) is 26.0 Å². The number of hydrogen-bond donors (Lipinski definition) is 1. The smallest absolute Gasteiger partial charge is 0.172 e. The Bertz CT molecular complexity index is 580. The molecule has 1 aliphatic heterocycles. The van der Waals surface area contributed by atoms with E-state index in [1.54, 1.807) is 0 Å². The molecule has 1 N–H and O–H groups in total. The van der Waals surface area contributed by atoms with Gasteiger partial charge in [0.15, 0.2) is 5.79 Å². The van der Waals surface area contributed by atoms with Crippen LogP contribution in [0.3, 0.4) is 0 Å². The summed E-state index contributed by atoms with van der Waals surface area (Å²) in [6.45, 7) is 10.9. The molecule has 0 aromatic rings. The molecule has 0 aromatic carbocycles. The molecule has 25 heavy (non-hydrogen) atoms. The van der Waals surface area contributed by atoms with E-state index < -0.39 is 0 Å². The lowest BCUT2D eigenvalue weighted by Gasteiger charge is -2.62. The minimum absolute atomic E-state index is 0.0814. The minimum Gasteiger partial charge on any atom is -0.393 e. The molecule has 0 aromatic heterocycles. The molecule has 0 bridgehead atoms. The average Bonchev–Trinajstić information content (AvgIpc) is 3.14. The number of aliphatic hydroxyl groups excluding tert-OH is 1. The summed E-state index contributed by atoms with van der Waals surface area (Å²) in [5.41, 5.74) is 1.78. The lowest BCUT2D eigenvalue weighted by Crippen LogP contribution is -2.57. The van der Waals surface area contributed by atoms with E-state index in [9.17, 15) is 5.11 Å². The molecule has 4 saturated carbocycles. The standard InChI is InChI=1S/C22H34O3/c1-14-12-22(24-10-11-25-22)13-15-4-5-16-17-6-7-19(23)20(17,2)9-8-18(16)21(14,15)3/h15-19,23H,1,4-13H2,2-3H3/t15-,16-,17-,18-,19-,20-,21-/m0/s1. The van der Waals surface area contributed by atoms with Gasteiger partial charge in [0.1, 0.15) is 0 Å². The Kier molecular flexibility index (Phi) is 3.57. The predicted molar refractivity (Wildman–Crippen MR) is 96.9 cm³/mol. The molecule has 0 radical (unpaired) electrons. The number of ether oxygens (including phenoxy) is 2. The molecule has 7 atom stereocenters. The van der Waals surface area contributed by atoms with E-state index >= 15 is 0 Å². The summed E-state index contributed by atoms with van der Waals surface area (Å²) in [4.78, 5) is 0. The summed E-state index contributed by atoms with van der Waals surface area (Å²) < 4.78 is 12.1. The van der Waals surface area contributed by atoms with Gasteiger partial charge in [-0.25, -0.2) is 0 Å². The van der Waals surface area contributed by atoms with Crippen LogP contribution in [0.1, 0.15) is 65.2 Å². The molecule has 1 saturated heterocycles. The maximum absolute atomic E-state index is 10.6. The van der Waals surface area contributed by atoms with Crippen LogP contribution in [0.15, 0.2) is 12.2 Å². The van der Waals surface area contributed by atoms with Crippen molar-refractivity contribution in [3.8, 4) is 0 Å². The Morgan fingerprint density at radius 1 is 1.00 bits per heavy atom. The van der Waals surface area contributed by atoms with Crippen LogP contribution in [-0.4, -0.2) is 30.2 Å². The fourth-order valence-electron chi connectivity index (χ4n) is 7.95. The number of hydrogen-bond acceptors (Lipinski definition) is 3. The van der Waals surface area contributed by atoms with E-state index in [1.807, 2.05) is 0 Å². The highest BCUT2D eigenvalue weighted by atomic mass is 16.7. The monoisotopic (exact) mass is 346 g/mol. The summed E-state index contributed by atoms with van der Waals surface area (Å²) in [5.74, 6) is 2.50. The van der Waals surface area contributed by atoms with Crippen molar-refractivity contribution in [1.29, 1.82) is 0 Å². The molecular weight excluding hydrogens is 312 g/mol. The van der Waals surface area contributed by atoms with Gasteiger partial charge in [0.25, 0.3) is 0 Å². The second-order valence-electron chi connectivity index (χ2n) is 10.2. The predicted octanol–water partition coefficient (Wildman–Crippen LogP) is 4.30. The maximum Gasteiger partial charge on any atom is 0.172 e. The fraction of sp³-hybridized carbons (Fsp3) is 0.909. The van der Waals surface area contributed by atoms with Crippen molar-refractivity contribution in [3.05, 3.63) is 12.2 Å². The van der Waals surface area contributed by atoms with E-state index in [4.69, 9.17) is 9.47 Å². The third kappa shape index (κ3) is 2.09. The summed E-state index contributed by atoms with van der Waals surface area (Å²) >= 11 is 0. The van der Waals surface area contributed by atoms with Crippen LogP contribution in [0.5, 0.6) is 0 Å². The third-order valence-corrected chi connectivity index (χ3v) is 9.47. The molecule has 1 spiro atoms. The minimum atomic E-state index is -0.360. The van der Waals surface area contributed by atoms with Crippen LogP contribution >= 0.6 is 0 Å². The van der Waals surface area contributed by atoms with Crippen molar-refractivity contribution in [1.82, 2.24) is 0 Å². The Balaban J connectivity index is 1.46. The molecular formula is C22H34O3. The Labute approximate surface area is 152 Å². The van der Waals surface area contributed by atoms with Crippen LogP contribution in [-0.2, 0) is 9.47 Å². The SMILES string of the molecule is C=C1CC2(C[C@@H]3CC[C@H]4[C@@H]5CC[C@H](O)[C@@]5(C)CC[C@@H]4[C@@]13C)OCCO2. The first kappa shape index (κ1) is 16.8. The Hall–Kier alpha value is -0.380. The van der Waals surface area contributed by atoms with Gasteiger partial charge in [-0.3, -0.25) is 0 Å². The lowest BCUT2D eigenvalue weighted by molar-refractivity contribution is -0.209. The Morgan fingerprint density at radius 2 is 1.76 bits per heavy atom. The van der Waals surface area contributed by atoms with Gasteiger partial charge in [-0.2, -0.15) is 0 Å². The largest absolute Gasteiger partial charge is 0.393 e. The molecule has 3 nitrogen and oxygen atoms in total. The van der Waals surface area contributed by atoms with E-state index in [0.717, 1.165) is 44.3 Å². The maximum atomic E-state index is 10.6. The molecule has 0 unspecified atom stereocenters.